The summed E-state index contributed by atoms with van der Waals surface area (Å²) in [4.78, 5) is 0. The van der Waals surface area contributed by atoms with Gasteiger partial charge < -0.3 is 4.74 Å². The molecule has 0 aliphatic carbocycles. The van der Waals surface area contributed by atoms with Gasteiger partial charge in [0.05, 0.1) is 24.5 Å². The van der Waals surface area contributed by atoms with Gasteiger partial charge in [0, 0.05) is 9.49 Å². The minimum absolute atomic E-state index is 0.0884. The van der Waals surface area contributed by atoms with Crippen LogP contribution in [-0.4, -0.2) is 32.9 Å². The molecule has 1 aromatic rings. The summed E-state index contributed by atoms with van der Waals surface area (Å²) in [5, 5.41) is -0.425. The third-order valence-electron chi connectivity index (χ3n) is 3.31. The van der Waals surface area contributed by atoms with Crippen molar-refractivity contribution < 1.29 is 13.2 Å². The monoisotopic (exact) mass is 395 g/mol. The topological polar surface area (TPSA) is 55.4 Å². The first-order valence-corrected chi connectivity index (χ1v) is 8.87. The molecule has 2 rings (SSSR count). The highest BCUT2D eigenvalue weighted by atomic mass is 127. The quantitative estimate of drug-likeness (QED) is 0.795. The van der Waals surface area contributed by atoms with Crippen molar-refractivity contribution in [2.45, 2.75) is 31.1 Å². The number of sulfonamides is 1. The lowest BCUT2D eigenvalue weighted by atomic mass is 9.95. The number of halogens is 1. The first kappa shape index (κ1) is 15.2. The minimum atomic E-state index is -3.26. The van der Waals surface area contributed by atoms with Crippen LogP contribution in [0.25, 0.3) is 0 Å². The molecule has 0 aromatic heterocycles. The van der Waals surface area contributed by atoms with E-state index in [4.69, 9.17) is 4.74 Å². The molecule has 0 bridgehead atoms. The van der Waals surface area contributed by atoms with Gasteiger partial charge in [-0.25, -0.2) is 13.1 Å². The predicted octanol–water partition coefficient (Wildman–Crippen LogP) is 2.10. The molecule has 2 atom stereocenters. The highest BCUT2D eigenvalue weighted by Crippen LogP contribution is 2.27. The molecule has 0 amide bonds. The van der Waals surface area contributed by atoms with Crippen molar-refractivity contribution in [1.82, 2.24) is 4.72 Å². The molecule has 1 aliphatic rings. The third-order valence-corrected chi connectivity index (χ3v) is 5.91. The van der Waals surface area contributed by atoms with E-state index in [9.17, 15) is 8.42 Å². The fourth-order valence-corrected chi connectivity index (χ4v) is 3.34. The zero-order valence-corrected chi connectivity index (χ0v) is 13.9. The average molecular weight is 395 g/mol. The Labute approximate surface area is 128 Å². The van der Waals surface area contributed by atoms with E-state index in [1.54, 1.807) is 13.8 Å². The van der Waals surface area contributed by atoms with Crippen LogP contribution in [0, 0.1) is 3.57 Å². The van der Waals surface area contributed by atoms with Crippen molar-refractivity contribution in [2.24, 2.45) is 0 Å². The normalized spacial score (nSPS) is 24.0. The van der Waals surface area contributed by atoms with Crippen LogP contribution >= 0.6 is 22.6 Å². The van der Waals surface area contributed by atoms with Crippen LogP contribution in [0.3, 0.4) is 0 Å². The second-order valence-corrected chi connectivity index (χ2v) is 8.53. The van der Waals surface area contributed by atoms with Gasteiger partial charge >= 0.3 is 0 Å². The van der Waals surface area contributed by atoms with E-state index < -0.39 is 15.3 Å². The second-order valence-electron chi connectivity index (χ2n) is 5.01. The molecule has 0 unspecified atom stereocenters. The summed E-state index contributed by atoms with van der Waals surface area (Å²) in [7, 11) is -3.26. The first-order valence-electron chi connectivity index (χ1n) is 6.24. The molecule has 1 heterocycles. The van der Waals surface area contributed by atoms with Crippen LogP contribution in [0.5, 0.6) is 0 Å². The summed E-state index contributed by atoms with van der Waals surface area (Å²) in [6.07, 6.45) is 0. The minimum Gasteiger partial charge on any atom is -0.379 e. The fourth-order valence-electron chi connectivity index (χ4n) is 2.06. The molecule has 1 aliphatic heterocycles. The SMILES string of the molecule is CC(C)S(=O)(=O)N[C@@H]1COC[C@@H]1c1ccc(I)cc1. The van der Waals surface area contributed by atoms with E-state index in [-0.39, 0.29) is 12.0 Å². The van der Waals surface area contributed by atoms with E-state index in [2.05, 4.69) is 27.3 Å². The van der Waals surface area contributed by atoms with E-state index in [1.165, 1.54) is 3.57 Å². The second kappa shape index (κ2) is 6.07. The number of hydrogen-bond donors (Lipinski definition) is 1. The van der Waals surface area contributed by atoms with Crippen LogP contribution < -0.4 is 4.72 Å². The Hall–Kier alpha value is -0.180. The summed E-state index contributed by atoms with van der Waals surface area (Å²) in [6.45, 7) is 4.35. The van der Waals surface area contributed by atoms with Crippen molar-refractivity contribution in [3.05, 3.63) is 33.4 Å². The molecule has 1 fully saturated rings. The molecule has 4 nitrogen and oxygen atoms in total. The zero-order chi connectivity index (χ0) is 14.0. The zero-order valence-electron chi connectivity index (χ0n) is 11.0. The highest BCUT2D eigenvalue weighted by Gasteiger charge is 2.33. The molecule has 1 saturated heterocycles. The summed E-state index contributed by atoms with van der Waals surface area (Å²) in [5.74, 6) is 0.0884. The Bertz CT molecular complexity index is 527. The lowest BCUT2D eigenvalue weighted by Crippen LogP contribution is -2.42. The molecule has 1 N–H and O–H groups in total. The Morgan fingerprint density at radius 2 is 1.89 bits per heavy atom. The Morgan fingerprint density at radius 1 is 1.26 bits per heavy atom. The maximum Gasteiger partial charge on any atom is 0.214 e. The average Bonchev–Trinajstić information content (AvgIpc) is 2.77. The van der Waals surface area contributed by atoms with Gasteiger partial charge in [0.2, 0.25) is 10.0 Å². The molecule has 0 radical (unpaired) electrons. The molecule has 19 heavy (non-hydrogen) atoms. The standard InChI is InChI=1S/C13H18INO3S/c1-9(2)19(16,17)15-13-8-18-7-12(13)10-3-5-11(14)6-4-10/h3-6,9,12-13,15H,7-8H2,1-2H3/t12-,13-/m1/s1. The van der Waals surface area contributed by atoms with E-state index in [0.29, 0.717) is 13.2 Å². The lowest BCUT2D eigenvalue weighted by Gasteiger charge is -2.20. The number of rotatable bonds is 4. The highest BCUT2D eigenvalue weighted by molar-refractivity contribution is 14.1. The molecule has 0 saturated carbocycles. The summed E-state index contributed by atoms with van der Waals surface area (Å²) >= 11 is 2.25. The van der Waals surface area contributed by atoms with Gasteiger partial charge in [-0.1, -0.05) is 12.1 Å². The number of ether oxygens (including phenoxy) is 1. The van der Waals surface area contributed by atoms with Gasteiger partial charge in [0.1, 0.15) is 0 Å². The molecule has 6 heteroatoms. The van der Waals surface area contributed by atoms with Crippen molar-refractivity contribution in [2.75, 3.05) is 13.2 Å². The third kappa shape index (κ3) is 3.68. The van der Waals surface area contributed by atoms with Crippen LogP contribution in [-0.2, 0) is 14.8 Å². The van der Waals surface area contributed by atoms with E-state index >= 15 is 0 Å². The predicted molar refractivity (Wildman–Crippen MR) is 83.7 cm³/mol. The van der Waals surface area contributed by atoms with Gasteiger partial charge in [-0.2, -0.15) is 0 Å². The molecular formula is C13H18INO3S. The van der Waals surface area contributed by atoms with Gasteiger partial charge in [0.25, 0.3) is 0 Å². The van der Waals surface area contributed by atoms with E-state index in [0.717, 1.165) is 5.56 Å². The fraction of sp³-hybridized carbons (Fsp3) is 0.538. The van der Waals surface area contributed by atoms with Crippen molar-refractivity contribution in [1.29, 1.82) is 0 Å². The number of nitrogens with one attached hydrogen (secondary N) is 1. The Kier molecular flexibility index (Phi) is 4.86. The molecule has 0 spiro atoms. The van der Waals surface area contributed by atoms with Crippen LogP contribution in [0.15, 0.2) is 24.3 Å². The summed E-state index contributed by atoms with van der Waals surface area (Å²) in [5.41, 5.74) is 1.12. The summed E-state index contributed by atoms with van der Waals surface area (Å²) in [6, 6.07) is 7.97. The largest absolute Gasteiger partial charge is 0.379 e. The molecule has 1 aromatic carbocycles. The molecular weight excluding hydrogens is 377 g/mol. The smallest absolute Gasteiger partial charge is 0.214 e. The van der Waals surface area contributed by atoms with E-state index in [1.807, 2.05) is 24.3 Å². The maximum atomic E-state index is 11.9. The summed E-state index contributed by atoms with van der Waals surface area (Å²) < 4.78 is 33.3. The van der Waals surface area contributed by atoms with Gasteiger partial charge in [-0.3, -0.25) is 0 Å². The van der Waals surface area contributed by atoms with Crippen molar-refractivity contribution >= 4 is 32.6 Å². The van der Waals surface area contributed by atoms with Gasteiger partial charge in [0.15, 0.2) is 0 Å². The van der Waals surface area contributed by atoms with Crippen molar-refractivity contribution in [3.8, 4) is 0 Å². The molecule has 106 valence electrons. The first-order chi connectivity index (χ1) is 8.90. The van der Waals surface area contributed by atoms with Crippen molar-refractivity contribution in [3.63, 3.8) is 0 Å². The van der Waals surface area contributed by atoms with Crippen LogP contribution in [0.2, 0.25) is 0 Å². The van der Waals surface area contributed by atoms with Crippen LogP contribution in [0.4, 0.5) is 0 Å². The Balaban J connectivity index is 2.15. The van der Waals surface area contributed by atoms with Gasteiger partial charge in [-0.05, 0) is 54.1 Å². The number of benzene rings is 1. The van der Waals surface area contributed by atoms with Gasteiger partial charge in [-0.15, -0.1) is 0 Å². The maximum absolute atomic E-state index is 11.9. The number of hydrogen-bond acceptors (Lipinski definition) is 3. The van der Waals surface area contributed by atoms with Crippen LogP contribution in [0.1, 0.15) is 25.3 Å². The lowest BCUT2D eigenvalue weighted by molar-refractivity contribution is 0.189. The Morgan fingerprint density at radius 3 is 2.47 bits per heavy atom.